The molecule has 2 aromatic rings. The van der Waals surface area contributed by atoms with E-state index in [1.165, 1.54) is 7.11 Å². The first kappa shape index (κ1) is 12.4. The van der Waals surface area contributed by atoms with Crippen molar-refractivity contribution in [2.75, 3.05) is 19.0 Å². The van der Waals surface area contributed by atoms with Crippen molar-refractivity contribution >= 4 is 11.6 Å². The standard InChI is InChI=1S/C14H15NO3/c1-10-11(13-7-4-8-18-13)5-3-6-12(10)15-14(16)9-17-2/h3-8H,9H2,1-2H3,(H,15,16). The molecule has 0 aliphatic carbocycles. The van der Waals surface area contributed by atoms with Gasteiger partial charge in [0.1, 0.15) is 12.4 Å². The molecule has 0 bridgehead atoms. The molecule has 0 spiro atoms. The second-order valence-electron chi connectivity index (χ2n) is 3.94. The summed E-state index contributed by atoms with van der Waals surface area (Å²) in [5.41, 5.74) is 2.71. The van der Waals surface area contributed by atoms with Gasteiger partial charge in [-0.25, -0.2) is 0 Å². The molecule has 1 aromatic carbocycles. The van der Waals surface area contributed by atoms with Crippen LogP contribution in [0.5, 0.6) is 0 Å². The number of hydrogen-bond acceptors (Lipinski definition) is 3. The van der Waals surface area contributed by atoms with Crippen molar-refractivity contribution in [3.63, 3.8) is 0 Å². The molecule has 0 atom stereocenters. The lowest BCUT2D eigenvalue weighted by Gasteiger charge is -2.10. The van der Waals surface area contributed by atoms with Gasteiger partial charge < -0.3 is 14.5 Å². The van der Waals surface area contributed by atoms with Crippen LogP contribution in [0.4, 0.5) is 5.69 Å². The van der Waals surface area contributed by atoms with Gasteiger partial charge in [-0.2, -0.15) is 0 Å². The Morgan fingerprint density at radius 3 is 2.83 bits per heavy atom. The van der Waals surface area contributed by atoms with Crippen LogP contribution in [0.15, 0.2) is 41.0 Å². The first-order chi connectivity index (χ1) is 8.72. The molecule has 1 amide bonds. The van der Waals surface area contributed by atoms with Gasteiger partial charge >= 0.3 is 0 Å². The number of ether oxygens (including phenoxy) is 1. The Kier molecular flexibility index (Phi) is 3.79. The summed E-state index contributed by atoms with van der Waals surface area (Å²) in [6.07, 6.45) is 1.63. The summed E-state index contributed by atoms with van der Waals surface area (Å²) in [5.74, 6) is 0.618. The number of hydrogen-bond donors (Lipinski definition) is 1. The number of rotatable bonds is 4. The zero-order valence-electron chi connectivity index (χ0n) is 10.4. The highest BCUT2D eigenvalue weighted by Crippen LogP contribution is 2.28. The van der Waals surface area contributed by atoms with E-state index in [1.54, 1.807) is 6.26 Å². The smallest absolute Gasteiger partial charge is 0.250 e. The van der Waals surface area contributed by atoms with Crippen molar-refractivity contribution in [3.05, 3.63) is 42.2 Å². The van der Waals surface area contributed by atoms with E-state index in [-0.39, 0.29) is 12.5 Å². The lowest BCUT2D eigenvalue weighted by Crippen LogP contribution is -2.17. The number of carbonyl (C=O) groups excluding carboxylic acids is 1. The van der Waals surface area contributed by atoms with Crippen LogP contribution in [-0.2, 0) is 9.53 Å². The third-order valence-electron chi connectivity index (χ3n) is 2.67. The minimum atomic E-state index is -0.169. The highest BCUT2D eigenvalue weighted by Gasteiger charge is 2.10. The van der Waals surface area contributed by atoms with Gasteiger partial charge in [-0.15, -0.1) is 0 Å². The summed E-state index contributed by atoms with van der Waals surface area (Å²) in [5, 5.41) is 2.81. The summed E-state index contributed by atoms with van der Waals surface area (Å²) in [6.45, 7) is 1.99. The van der Waals surface area contributed by atoms with Crippen LogP contribution in [0, 0.1) is 6.92 Å². The monoisotopic (exact) mass is 245 g/mol. The SMILES string of the molecule is COCC(=O)Nc1cccc(-c2ccco2)c1C. The zero-order valence-corrected chi connectivity index (χ0v) is 10.4. The summed E-state index contributed by atoms with van der Waals surface area (Å²) >= 11 is 0. The van der Waals surface area contributed by atoms with Gasteiger partial charge in [-0.1, -0.05) is 12.1 Å². The molecule has 2 rings (SSSR count). The fourth-order valence-corrected chi connectivity index (χ4v) is 1.79. The van der Waals surface area contributed by atoms with E-state index in [2.05, 4.69) is 5.32 Å². The van der Waals surface area contributed by atoms with Crippen molar-refractivity contribution in [1.29, 1.82) is 0 Å². The van der Waals surface area contributed by atoms with Crippen molar-refractivity contribution in [3.8, 4) is 11.3 Å². The Balaban J connectivity index is 2.28. The van der Waals surface area contributed by atoms with Crippen LogP contribution < -0.4 is 5.32 Å². The second kappa shape index (κ2) is 5.51. The Morgan fingerprint density at radius 2 is 2.17 bits per heavy atom. The molecule has 0 aliphatic rings. The van der Waals surface area contributed by atoms with Crippen LogP contribution in [0.1, 0.15) is 5.56 Å². The Morgan fingerprint density at radius 1 is 1.33 bits per heavy atom. The largest absolute Gasteiger partial charge is 0.464 e. The lowest BCUT2D eigenvalue weighted by atomic mass is 10.0. The quantitative estimate of drug-likeness (QED) is 0.901. The van der Waals surface area contributed by atoms with E-state index in [1.807, 2.05) is 37.3 Å². The highest BCUT2D eigenvalue weighted by atomic mass is 16.5. The van der Waals surface area contributed by atoms with Gasteiger partial charge in [0.2, 0.25) is 5.91 Å². The third kappa shape index (κ3) is 2.60. The Bertz CT molecular complexity index is 532. The molecule has 1 heterocycles. The molecule has 94 valence electrons. The molecule has 0 aliphatic heterocycles. The maximum atomic E-state index is 11.5. The average molecular weight is 245 g/mol. The molecule has 0 radical (unpaired) electrons. The van der Waals surface area contributed by atoms with E-state index in [9.17, 15) is 4.79 Å². The minimum Gasteiger partial charge on any atom is -0.464 e. The number of methoxy groups -OCH3 is 1. The van der Waals surface area contributed by atoms with Gasteiger partial charge in [0, 0.05) is 18.4 Å². The first-order valence-corrected chi connectivity index (χ1v) is 5.64. The van der Waals surface area contributed by atoms with Crippen LogP contribution in [-0.4, -0.2) is 19.6 Å². The van der Waals surface area contributed by atoms with E-state index < -0.39 is 0 Å². The van der Waals surface area contributed by atoms with Crippen molar-refractivity contribution in [2.45, 2.75) is 6.92 Å². The van der Waals surface area contributed by atoms with Gasteiger partial charge in [0.15, 0.2) is 0 Å². The molecule has 0 fully saturated rings. The second-order valence-corrected chi connectivity index (χ2v) is 3.94. The molecule has 4 heteroatoms. The summed E-state index contributed by atoms with van der Waals surface area (Å²) in [6, 6.07) is 9.43. The predicted molar refractivity (Wildman–Crippen MR) is 69.4 cm³/mol. The van der Waals surface area contributed by atoms with Crippen LogP contribution in [0.25, 0.3) is 11.3 Å². The molecular weight excluding hydrogens is 230 g/mol. The normalized spacial score (nSPS) is 10.3. The molecule has 1 aromatic heterocycles. The maximum absolute atomic E-state index is 11.5. The highest BCUT2D eigenvalue weighted by molar-refractivity contribution is 5.93. The average Bonchev–Trinajstić information content (AvgIpc) is 2.86. The fourth-order valence-electron chi connectivity index (χ4n) is 1.79. The lowest BCUT2D eigenvalue weighted by molar-refractivity contribution is -0.119. The summed E-state index contributed by atoms with van der Waals surface area (Å²) < 4.78 is 10.2. The van der Waals surface area contributed by atoms with Crippen LogP contribution >= 0.6 is 0 Å². The van der Waals surface area contributed by atoms with Gasteiger partial charge in [-0.05, 0) is 30.7 Å². The minimum absolute atomic E-state index is 0.0461. The van der Waals surface area contributed by atoms with Gasteiger partial charge in [-0.3, -0.25) is 4.79 Å². The summed E-state index contributed by atoms with van der Waals surface area (Å²) in [7, 11) is 1.49. The number of anilines is 1. The summed E-state index contributed by atoms with van der Waals surface area (Å²) in [4.78, 5) is 11.5. The Hall–Kier alpha value is -2.07. The zero-order chi connectivity index (χ0) is 13.0. The van der Waals surface area contributed by atoms with Crippen molar-refractivity contribution in [1.82, 2.24) is 0 Å². The number of nitrogens with one attached hydrogen (secondary N) is 1. The van der Waals surface area contributed by atoms with Crippen molar-refractivity contribution < 1.29 is 13.9 Å². The van der Waals surface area contributed by atoms with E-state index >= 15 is 0 Å². The predicted octanol–water partition coefficient (Wildman–Crippen LogP) is 2.84. The van der Waals surface area contributed by atoms with E-state index in [4.69, 9.17) is 9.15 Å². The molecule has 0 unspecified atom stereocenters. The number of amides is 1. The van der Waals surface area contributed by atoms with E-state index in [0.717, 1.165) is 22.6 Å². The molecule has 4 nitrogen and oxygen atoms in total. The molecule has 0 saturated carbocycles. The van der Waals surface area contributed by atoms with Crippen LogP contribution in [0.3, 0.4) is 0 Å². The molecule has 1 N–H and O–H groups in total. The number of carbonyl (C=O) groups is 1. The van der Waals surface area contributed by atoms with Crippen molar-refractivity contribution in [2.24, 2.45) is 0 Å². The van der Waals surface area contributed by atoms with Crippen LogP contribution in [0.2, 0.25) is 0 Å². The molecular formula is C14H15NO3. The van der Waals surface area contributed by atoms with Gasteiger partial charge in [0.25, 0.3) is 0 Å². The van der Waals surface area contributed by atoms with Gasteiger partial charge in [0.05, 0.1) is 6.26 Å². The first-order valence-electron chi connectivity index (χ1n) is 5.64. The number of benzene rings is 1. The fraction of sp³-hybridized carbons (Fsp3) is 0.214. The van der Waals surface area contributed by atoms with E-state index in [0.29, 0.717) is 0 Å². The third-order valence-corrected chi connectivity index (χ3v) is 2.67. The maximum Gasteiger partial charge on any atom is 0.250 e. The molecule has 18 heavy (non-hydrogen) atoms. The topological polar surface area (TPSA) is 51.5 Å². The number of furan rings is 1. The Labute approximate surface area is 106 Å². The molecule has 0 saturated heterocycles.